The Morgan fingerprint density at radius 3 is 2.60 bits per heavy atom. The highest BCUT2D eigenvalue weighted by molar-refractivity contribution is 7.17. The number of aryl methyl sites for hydroxylation is 2. The van der Waals surface area contributed by atoms with E-state index in [2.05, 4.69) is 20.6 Å². The van der Waals surface area contributed by atoms with Crippen LogP contribution in [0, 0.1) is 19.7 Å². The average Bonchev–Trinajstić information content (AvgIpc) is 2.94. The van der Waals surface area contributed by atoms with Gasteiger partial charge < -0.3 is 10.6 Å². The number of nitrogens with zero attached hydrogens (tertiary/aromatic N) is 2. The lowest BCUT2D eigenvalue weighted by Crippen LogP contribution is -2.22. The summed E-state index contributed by atoms with van der Waals surface area (Å²) >= 11 is 1.27. The largest absolute Gasteiger partial charge is 0.347 e. The first-order valence-corrected chi connectivity index (χ1v) is 8.53. The number of thiazole rings is 1. The molecule has 2 aromatic heterocycles. The first-order chi connectivity index (χ1) is 12.0. The van der Waals surface area contributed by atoms with Crippen LogP contribution in [-0.4, -0.2) is 15.9 Å². The van der Waals surface area contributed by atoms with E-state index in [9.17, 15) is 9.18 Å². The maximum absolute atomic E-state index is 12.9. The molecule has 0 spiro atoms. The van der Waals surface area contributed by atoms with Crippen LogP contribution in [0.25, 0.3) is 0 Å². The van der Waals surface area contributed by atoms with Gasteiger partial charge in [0.2, 0.25) is 0 Å². The van der Waals surface area contributed by atoms with Crippen molar-refractivity contribution >= 4 is 28.2 Å². The lowest BCUT2D eigenvalue weighted by Gasteiger charge is -2.04. The maximum Gasteiger partial charge on any atom is 0.263 e. The molecular weight excluding hydrogens is 339 g/mol. The number of carbonyl (C=O) groups excluding carboxylic acids is 1. The van der Waals surface area contributed by atoms with Crippen molar-refractivity contribution in [1.82, 2.24) is 15.3 Å². The van der Waals surface area contributed by atoms with Gasteiger partial charge in [-0.15, -0.1) is 0 Å². The van der Waals surface area contributed by atoms with E-state index in [1.165, 1.54) is 23.5 Å². The zero-order valence-electron chi connectivity index (χ0n) is 13.8. The van der Waals surface area contributed by atoms with Crippen LogP contribution in [0.5, 0.6) is 0 Å². The Labute approximate surface area is 149 Å². The van der Waals surface area contributed by atoms with E-state index in [0.717, 1.165) is 11.3 Å². The molecule has 7 heteroatoms. The molecule has 1 amide bonds. The standard InChI is InChI=1S/C18H17FN4OS/c1-11-4-3-5-15(21-11)23-18-22-12(2)16(25-18)17(24)20-10-13-6-8-14(19)9-7-13/h3-9H,10H2,1-2H3,(H,20,24)(H,21,22,23). The van der Waals surface area contributed by atoms with Gasteiger partial charge in [-0.1, -0.05) is 29.5 Å². The minimum absolute atomic E-state index is 0.204. The Bertz CT molecular complexity index is 892. The third-order valence-electron chi connectivity index (χ3n) is 3.49. The van der Waals surface area contributed by atoms with Crippen molar-refractivity contribution in [3.05, 3.63) is 70.1 Å². The fourth-order valence-corrected chi connectivity index (χ4v) is 3.14. The lowest BCUT2D eigenvalue weighted by molar-refractivity contribution is 0.0954. The highest BCUT2D eigenvalue weighted by Gasteiger charge is 2.15. The number of halogens is 1. The molecule has 0 aliphatic carbocycles. The second-order valence-corrected chi connectivity index (χ2v) is 6.53. The van der Waals surface area contributed by atoms with Crippen molar-refractivity contribution in [3.63, 3.8) is 0 Å². The van der Waals surface area contributed by atoms with Gasteiger partial charge >= 0.3 is 0 Å². The van der Waals surface area contributed by atoms with Crippen LogP contribution >= 0.6 is 11.3 Å². The van der Waals surface area contributed by atoms with Gasteiger partial charge in [-0.05, 0) is 43.7 Å². The summed E-state index contributed by atoms with van der Waals surface area (Å²) in [6.45, 7) is 4.03. The number of aromatic nitrogens is 2. The SMILES string of the molecule is Cc1cccc(Nc2nc(C)c(C(=O)NCc3ccc(F)cc3)s2)n1. The monoisotopic (exact) mass is 356 g/mol. The Morgan fingerprint density at radius 2 is 1.88 bits per heavy atom. The number of hydrogen-bond acceptors (Lipinski definition) is 5. The van der Waals surface area contributed by atoms with Crippen molar-refractivity contribution in [1.29, 1.82) is 0 Å². The number of anilines is 2. The van der Waals surface area contributed by atoms with E-state index >= 15 is 0 Å². The third kappa shape index (κ3) is 4.39. The molecule has 0 atom stereocenters. The molecule has 0 fully saturated rings. The fraction of sp³-hybridized carbons (Fsp3) is 0.167. The molecule has 2 N–H and O–H groups in total. The molecule has 1 aromatic carbocycles. The van der Waals surface area contributed by atoms with Gasteiger partial charge in [0.05, 0.1) is 5.69 Å². The number of nitrogens with one attached hydrogen (secondary N) is 2. The number of rotatable bonds is 5. The molecule has 0 aliphatic heterocycles. The Balaban J connectivity index is 1.66. The van der Waals surface area contributed by atoms with Crippen molar-refractivity contribution in [3.8, 4) is 0 Å². The first kappa shape index (κ1) is 17.0. The van der Waals surface area contributed by atoms with Gasteiger partial charge in [-0.2, -0.15) is 0 Å². The summed E-state index contributed by atoms with van der Waals surface area (Å²) < 4.78 is 12.9. The van der Waals surface area contributed by atoms with Crippen molar-refractivity contribution in [2.24, 2.45) is 0 Å². The molecule has 0 radical (unpaired) electrons. The van der Waals surface area contributed by atoms with E-state index < -0.39 is 0 Å². The van der Waals surface area contributed by atoms with E-state index in [1.54, 1.807) is 19.1 Å². The predicted octanol–water partition coefficient (Wildman–Crippen LogP) is 3.97. The quantitative estimate of drug-likeness (QED) is 0.726. The van der Waals surface area contributed by atoms with Gasteiger partial charge in [-0.3, -0.25) is 4.79 Å². The van der Waals surface area contributed by atoms with Crippen molar-refractivity contribution in [2.75, 3.05) is 5.32 Å². The molecule has 128 valence electrons. The topological polar surface area (TPSA) is 66.9 Å². The van der Waals surface area contributed by atoms with E-state index in [4.69, 9.17) is 0 Å². The smallest absolute Gasteiger partial charge is 0.263 e. The number of carbonyl (C=O) groups is 1. The van der Waals surface area contributed by atoms with Crippen LogP contribution in [0.4, 0.5) is 15.3 Å². The number of amides is 1. The molecule has 0 saturated heterocycles. The molecule has 0 aliphatic rings. The molecule has 3 rings (SSSR count). The first-order valence-electron chi connectivity index (χ1n) is 7.72. The minimum Gasteiger partial charge on any atom is -0.347 e. The minimum atomic E-state index is -0.297. The second-order valence-electron chi connectivity index (χ2n) is 5.53. The van der Waals surface area contributed by atoms with Gasteiger partial charge in [0.25, 0.3) is 5.91 Å². The zero-order chi connectivity index (χ0) is 17.8. The van der Waals surface area contributed by atoms with E-state index in [0.29, 0.717) is 28.1 Å². The summed E-state index contributed by atoms with van der Waals surface area (Å²) in [6, 6.07) is 11.7. The Kier molecular flexibility index (Phi) is 5.04. The summed E-state index contributed by atoms with van der Waals surface area (Å²) in [5.41, 5.74) is 2.38. The highest BCUT2D eigenvalue weighted by Crippen LogP contribution is 2.25. The third-order valence-corrected chi connectivity index (χ3v) is 4.56. The number of pyridine rings is 1. The summed E-state index contributed by atoms with van der Waals surface area (Å²) in [7, 11) is 0. The van der Waals surface area contributed by atoms with Gasteiger partial charge in [0, 0.05) is 12.2 Å². The molecule has 25 heavy (non-hydrogen) atoms. The summed E-state index contributed by atoms with van der Waals surface area (Å²) in [4.78, 5) is 21.6. The molecule has 3 aromatic rings. The van der Waals surface area contributed by atoms with Crippen molar-refractivity contribution < 1.29 is 9.18 Å². The van der Waals surface area contributed by atoms with Gasteiger partial charge in [0.15, 0.2) is 5.13 Å². The molecule has 5 nitrogen and oxygen atoms in total. The average molecular weight is 356 g/mol. The second kappa shape index (κ2) is 7.40. The van der Waals surface area contributed by atoms with E-state index in [1.807, 2.05) is 25.1 Å². The highest BCUT2D eigenvalue weighted by atomic mass is 32.1. The lowest BCUT2D eigenvalue weighted by atomic mass is 10.2. The van der Waals surface area contributed by atoms with Gasteiger partial charge in [0.1, 0.15) is 16.5 Å². The van der Waals surface area contributed by atoms with Gasteiger partial charge in [-0.25, -0.2) is 14.4 Å². The molecule has 0 unspecified atom stereocenters. The molecule has 2 heterocycles. The Hall–Kier alpha value is -2.80. The predicted molar refractivity (Wildman–Crippen MR) is 96.7 cm³/mol. The summed E-state index contributed by atoms with van der Waals surface area (Å²) in [6.07, 6.45) is 0. The molecular formula is C18H17FN4OS. The van der Waals surface area contributed by atoms with Crippen LogP contribution < -0.4 is 10.6 Å². The normalized spacial score (nSPS) is 10.5. The maximum atomic E-state index is 12.9. The van der Waals surface area contributed by atoms with E-state index in [-0.39, 0.29) is 11.7 Å². The molecule has 0 saturated carbocycles. The summed E-state index contributed by atoms with van der Waals surface area (Å²) in [5.74, 6) is 0.186. The fourth-order valence-electron chi connectivity index (χ4n) is 2.25. The zero-order valence-corrected chi connectivity index (χ0v) is 14.7. The number of hydrogen-bond donors (Lipinski definition) is 2. The molecule has 0 bridgehead atoms. The van der Waals surface area contributed by atoms with Crippen LogP contribution in [0.1, 0.15) is 26.6 Å². The van der Waals surface area contributed by atoms with Crippen LogP contribution in [0.2, 0.25) is 0 Å². The van der Waals surface area contributed by atoms with Crippen molar-refractivity contribution in [2.45, 2.75) is 20.4 Å². The van der Waals surface area contributed by atoms with Crippen LogP contribution in [0.3, 0.4) is 0 Å². The summed E-state index contributed by atoms with van der Waals surface area (Å²) in [5, 5.41) is 6.56. The van der Waals surface area contributed by atoms with Crippen LogP contribution in [0.15, 0.2) is 42.5 Å². The Morgan fingerprint density at radius 1 is 1.12 bits per heavy atom. The number of benzene rings is 1. The van der Waals surface area contributed by atoms with Crippen LogP contribution in [-0.2, 0) is 6.54 Å².